The normalized spacial score (nSPS) is 12.4. The molecule has 0 atom stereocenters. The lowest BCUT2D eigenvalue weighted by Crippen LogP contribution is -2.40. The van der Waals surface area contributed by atoms with Gasteiger partial charge in [-0.05, 0) is 38.7 Å². The molecule has 0 aromatic heterocycles. The van der Waals surface area contributed by atoms with Crippen molar-refractivity contribution in [2.45, 2.75) is 36.1 Å². The molecule has 0 radical (unpaired) electrons. The lowest BCUT2D eigenvalue weighted by molar-refractivity contribution is 0.490. The van der Waals surface area contributed by atoms with E-state index in [1.54, 1.807) is 0 Å². The molecule has 0 fully saturated rings. The summed E-state index contributed by atoms with van der Waals surface area (Å²) >= 11 is 1.44. The third-order valence-electron chi connectivity index (χ3n) is 2.99. The molecular weight excluding hydrogens is 314 g/mol. The first kappa shape index (κ1) is 17.1. The fourth-order valence-corrected chi connectivity index (χ4v) is 5.06. The van der Waals surface area contributed by atoms with Crippen LogP contribution in [-0.4, -0.2) is 20.2 Å². The molecule has 3 nitrogen and oxygen atoms in total. The van der Waals surface area contributed by atoms with E-state index in [-0.39, 0.29) is 0 Å². The second-order valence-electron chi connectivity index (χ2n) is 6.06. The van der Waals surface area contributed by atoms with Gasteiger partial charge >= 0.3 is 0 Å². The van der Waals surface area contributed by atoms with Crippen LogP contribution in [0.15, 0.2) is 58.3 Å². The highest BCUT2D eigenvalue weighted by Gasteiger charge is 2.27. The van der Waals surface area contributed by atoms with Gasteiger partial charge in [0.05, 0.1) is 0 Å². The van der Waals surface area contributed by atoms with Crippen LogP contribution in [0.5, 0.6) is 0 Å². The van der Waals surface area contributed by atoms with Crippen LogP contribution >= 0.6 is 11.8 Å². The van der Waals surface area contributed by atoms with E-state index >= 15 is 0 Å². The van der Waals surface area contributed by atoms with Crippen molar-refractivity contribution in [2.75, 3.05) is 6.26 Å². The van der Waals surface area contributed by atoms with Crippen LogP contribution in [0.3, 0.4) is 0 Å². The largest absolute Gasteiger partial charge is 0.242 e. The van der Waals surface area contributed by atoms with E-state index in [9.17, 15) is 8.42 Å². The zero-order valence-corrected chi connectivity index (χ0v) is 14.9. The maximum atomic E-state index is 12.9. The lowest BCUT2D eigenvalue weighted by atomic mass is 10.1. The lowest BCUT2D eigenvalue weighted by Gasteiger charge is -2.23. The number of rotatable bonds is 4. The smallest absolute Gasteiger partial charge is 0.207 e. The summed E-state index contributed by atoms with van der Waals surface area (Å²) in [6.45, 7) is 5.53. The average molecular weight is 335 g/mol. The van der Waals surface area contributed by atoms with Crippen molar-refractivity contribution in [3.05, 3.63) is 48.5 Å². The molecule has 0 aliphatic rings. The van der Waals surface area contributed by atoms with E-state index in [1.807, 2.05) is 75.6 Å². The van der Waals surface area contributed by atoms with Gasteiger partial charge in [-0.2, -0.15) is 0 Å². The van der Waals surface area contributed by atoms with Gasteiger partial charge in [-0.15, -0.1) is 11.8 Å². The van der Waals surface area contributed by atoms with Crippen LogP contribution in [0.1, 0.15) is 20.8 Å². The fraction of sp³-hybridized carbons (Fsp3) is 0.294. The predicted octanol–water partition coefficient (Wildman–Crippen LogP) is 4.15. The van der Waals surface area contributed by atoms with Gasteiger partial charge in [-0.3, -0.25) is 0 Å². The monoisotopic (exact) mass is 335 g/mol. The van der Waals surface area contributed by atoms with Gasteiger partial charge in [0.25, 0.3) is 0 Å². The Labute approximate surface area is 137 Å². The van der Waals surface area contributed by atoms with Crippen molar-refractivity contribution in [1.82, 2.24) is 4.72 Å². The summed E-state index contributed by atoms with van der Waals surface area (Å²) in [4.78, 5) is 1.10. The van der Waals surface area contributed by atoms with Gasteiger partial charge in [-0.1, -0.05) is 42.5 Å². The summed E-state index contributed by atoms with van der Waals surface area (Å²) in [7, 11) is -3.61. The van der Waals surface area contributed by atoms with Crippen LogP contribution in [-0.2, 0) is 10.0 Å². The van der Waals surface area contributed by atoms with Crippen molar-refractivity contribution in [1.29, 1.82) is 0 Å². The maximum absolute atomic E-state index is 12.9. The molecule has 0 aliphatic carbocycles. The van der Waals surface area contributed by atoms with Crippen molar-refractivity contribution >= 4 is 21.8 Å². The Hall–Kier alpha value is -1.30. The van der Waals surface area contributed by atoms with Gasteiger partial charge in [-0.25, -0.2) is 13.1 Å². The zero-order valence-electron chi connectivity index (χ0n) is 13.3. The molecule has 118 valence electrons. The van der Waals surface area contributed by atoms with Crippen LogP contribution in [0.4, 0.5) is 0 Å². The molecule has 5 heteroatoms. The third kappa shape index (κ3) is 3.91. The van der Waals surface area contributed by atoms with Crippen LogP contribution in [0.25, 0.3) is 11.1 Å². The molecular formula is C17H21NO2S2. The number of benzene rings is 2. The molecule has 2 aromatic carbocycles. The van der Waals surface area contributed by atoms with E-state index in [2.05, 4.69) is 4.72 Å². The molecule has 0 saturated heterocycles. The first-order chi connectivity index (χ1) is 10.2. The molecule has 0 amide bonds. The van der Waals surface area contributed by atoms with Gasteiger partial charge in [0.15, 0.2) is 0 Å². The van der Waals surface area contributed by atoms with Crippen LogP contribution < -0.4 is 4.72 Å². The van der Waals surface area contributed by atoms with Gasteiger partial charge in [0.1, 0.15) is 4.90 Å². The molecule has 22 heavy (non-hydrogen) atoms. The Morgan fingerprint density at radius 1 is 0.955 bits per heavy atom. The number of sulfonamides is 1. The van der Waals surface area contributed by atoms with Crippen LogP contribution in [0.2, 0.25) is 0 Å². The average Bonchev–Trinajstić information content (AvgIpc) is 2.45. The Balaban J connectivity index is 2.69. The van der Waals surface area contributed by atoms with Gasteiger partial charge in [0.2, 0.25) is 10.0 Å². The van der Waals surface area contributed by atoms with Crippen molar-refractivity contribution in [3.8, 4) is 11.1 Å². The molecule has 0 spiro atoms. The second-order valence-corrected chi connectivity index (χ2v) is 8.53. The topological polar surface area (TPSA) is 46.2 Å². The van der Waals surface area contributed by atoms with Gasteiger partial charge in [0, 0.05) is 16.0 Å². The minimum atomic E-state index is -3.61. The summed E-state index contributed by atoms with van der Waals surface area (Å²) in [5, 5.41) is 0. The SMILES string of the molecule is CSc1cccc(-c2ccccc2)c1S(=O)(=O)NC(C)(C)C. The summed E-state index contributed by atoms with van der Waals surface area (Å²) in [6, 6.07) is 15.2. The van der Waals surface area contributed by atoms with Crippen molar-refractivity contribution in [3.63, 3.8) is 0 Å². The molecule has 0 saturated carbocycles. The highest BCUT2D eigenvalue weighted by Crippen LogP contribution is 2.34. The fourth-order valence-electron chi connectivity index (χ4n) is 2.25. The summed E-state index contributed by atoms with van der Waals surface area (Å²) < 4.78 is 28.5. The van der Waals surface area contributed by atoms with Crippen molar-refractivity contribution in [2.24, 2.45) is 0 Å². The number of thioether (sulfide) groups is 1. The second kappa shape index (κ2) is 6.44. The molecule has 0 heterocycles. The summed E-state index contributed by atoms with van der Waals surface area (Å²) in [6.07, 6.45) is 1.89. The first-order valence-electron chi connectivity index (χ1n) is 7.01. The Kier molecular flexibility index (Phi) is 5.00. The first-order valence-corrected chi connectivity index (χ1v) is 9.72. The highest BCUT2D eigenvalue weighted by molar-refractivity contribution is 7.99. The van der Waals surface area contributed by atoms with E-state index in [1.165, 1.54) is 11.8 Å². The minimum absolute atomic E-state index is 0.351. The number of nitrogens with one attached hydrogen (secondary N) is 1. The van der Waals surface area contributed by atoms with Crippen LogP contribution in [0, 0.1) is 0 Å². The zero-order chi connectivity index (χ0) is 16.4. The predicted molar refractivity (Wildman–Crippen MR) is 93.7 cm³/mol. The van der Waals surface area contributed by atoms with E-state index in [0.29, 0.717) is 4.90 Å². The Morgan fingerprint density at radius 3 is 2.14 bits per heavy atom. The van der Waals surface area contributed by atoms with E-state index in [4.69, 9.17) is 0 Å². The molecule has 2 aromatic rings. The quantitative estimate of drug-likeness (QED) is 0.854. The maximum Gasteiger partial charge on any atom is 0.242 e. The van der Waals surface area contributed by atoms with E-state index in [0.717, 1.165) is 16.0 Å². The minimum Gasteiger partial charge on any atom is -0.207 e. The molecule has 0 unspecified atom stereocenters. The highest BCUT2D eigenvalue weighted by atomic mass is 32.2. The van der Waals surface area contributed by atoms with Crippen molar-refractivity contribution < 1.29 is 8.42 Å². The Morgan fingerprint density at radius 2 is 1.59 bits per heavy atom. The molecule has 0 aliphatic heterocycles. The summed E-state index contributed by atoms with van der Waals surface area (Å²) in [5.74, 6) is 0. The molecule has 1 N–H and O–H groups in total. The Bertz CT molecular complexity index is 748. The number of hydrogen-bond donors (Lipinski definition) is 1. The standard InChI is InChI=1S/C17H21NO2S2/c1-17(2,3)18-22(19,20)16-14(11-8-12-15(16)21-4)13-9-6-5-7-10-13/h5-12,18H,1-4H3. The third-order valence-corrected chi connectivity index (χ3v) is 5.76. The summed E-state index contributed by atoms with van der Waals surface area (Å²) in [5.41, 5.74) is 1.09. The number of hydrogen-bond acceptors (Lipinski definition) is 3. The molecule has 2 rings (SSSR count). The van der Waals surface area contributed by atoms with Gasteiger partial charge < -0.3 is 0 Å². The van der Waals surface area contributed by atoms with E-state index < -0.39 is 15.6 Å². The molecule has 0 bridgehead atoms.